The average Bonchev–Trinajstić information content (AvgIpc) is 1.63. The first-order chi connectivity index (χ1) is 4.37. The highest BCUT2D eigenvalue weighted by atomic mass is 32.2. The Morgan fingerprint density at radius 1 is 1.40 bits per heavy atom. The zero-order chi connectivity index (χ0) is 8.73. The lowest BCUT2D eigenvalue weighted by Crippen LogP contribution is -2.23. The van der Waals surface area contributed by atoms with Gasteiger partial charge in [-0.05, 0) is 21.0 Å². The molecule has 0 aliphatic carbocycles. The van der Waals surface area contributed by atoms with Crippen LogP contribution in [0, 0.1) is 0 Å². The van der Waals surface area contributed by atoms with Crippen LogP contribution in [0.1, 0.15) is 6.92 Å². The molecule has 0 heterocycles. The number of nitrogens with zero attached hydrogens (tertiary/aromatic N) is 1. The van der Waals surface area contributed by atoms with Crippen LogP contribution in [0.4, 0.5) is 0 Å². The summed E-state index contributed by atoms with van der Waals surface area (Å²) in [6.45, 7) is 1.72. The molecule has 3 N–H and O–H groups in total. The van der Waals surface area contributed by atoms with Crippen LogP contribution < -0.4 is 0 Å². The summed E-state index contributed by atoms with van der Waals surface area (Å²) in [6, 6.07) is 0. The largest absolute Gasteiger partial charge is 0.379 e. The molecule has 0 fully saturated rings. The molecule has 0 aromatic rings. The summed E-state index contributed by atoms with van der Waals surface area (Å²) in [6.07, 6.45) is -0.315. The third-order valence-electron chi connectivity index (χ3n) is 0.747. The van der Waals surface area contributed by atoms with Crippen molar-refractivity contribution in [2.24, 2.45) is 0 Å². The topological polar surface area (TPSA) is 81.0 Å². The normalized spacial score (nSPS) is 12.8. The first-order valence-electron chi connectivity index (χ1n) is 2.52. The van der Waals surface area contributed by atoms with Gasteiger partial charge in [-0.3, -0.25) is 14.0 Å². The molecule has 0 saturated heterocycles. The average molecular weight is 171 g/mol. The summed E-state index contributed by atoms with van der Waals surface area (Å²) in [5.74, 6) is 0. The number of aliphatic hydroxyl groups is 1. The van der Waals surface area contributed by atoms with Crippen LogP contribution in [0.25, 0.3) is 0 Å². The Morgan fingerprint density at radius 3 is 1.50 bits per heavy atom. The van der Waals surface area contributed by atoms with Crippen molar-refractivity contribution in [2.45, 2.75) is 13.2 Å². The molecule has 0 amide bonds. The van der Waals surface area contributed by atoms with Crippen molar-refractivity contribution >= 4 is 11.4 Å². The van der Waals surface area contributed by atoms with E-state index in [1.807, 2.05) is 14.1 Å². The lowest BCUT2D eigenvalue weighted by Gasteiger charge is -2.11. The SMILES string of the molecule is CC(O)N(C)C.O=S(O)O. The highest BCUT2D eigenvalue weighted by Crippen LogP contribution is 1.79. The minimum Gasteiger partial charge on any atom is -0.379 e. The van der Waals surface area contributed by atoms with Crippen LogP contribution in [-0.2, 0) is 11.4 Å². The van der Waals surface area contributed by atoms with Crippen molar-refractivity contribution in [3.63, 3.8) is 0 Å². The molecule has 10 heavy (non-hydrogen) atoms. The van der Waals surface area contributed by atoms with Crippen LogP contribution in [-0.4, -0.2) is 43.6 Å². The van der Waals surface area contributed by atoms with Crippen LogP contribution in [0.3, 0.4) is 0 Å². The number of hydrogen-bond acceptors (Lipinski definition) is 3. The number of hydrogen-bond donors (Lipinski definition) is 3. The molecule has 64 valence electrons. The minimum atomic E-state index is -2.61. The summed E-state index contributed by atoms with van der Waals surface area (Å²) in [4.78, 5) is 1.72. The molecule has 1 unspecified atom stereocenters. The summed E-state index contributed by atoms with van der Waals surface area (Å²) in [7, 11) is 3.65. The summed E-state index contributed by atoms with van der Waals surface area (Å²) in [5, 5.41) is 8.56. The maximum absolute atomic E-state index is 8.67. The molecule has 0 aromatic heterocycles. The maximum atomic E-state index is 8.67. The first-order valence-corrected chi connectivity index (χ1v) is 3.58. The van der Waals surface area contributed by atoms with Crippen LogP contribution >= 0.6 is 0 Å². The fraction of sp³-hybridized carbons (Fsp3) is 1.00. The Bertz CT molecular complexity index is 85.3. The fourth-order valence-electron chi connectivity index (χ4n) is 0. The van der Waals surface area contributed by atoms with Crippen molar-refractivity contribution in [2.75, 3.05) is 14.1 Å². The van der Waals surface area contributed by atoms with Gasteiger partial charge >= 0.3 is 0 Å². The lowest BCUT2D eigenvalue weighted by atomic mass is 10.6. The van der Waals surface area contributed by atoms with Gasteiger partial charge in [0.2, 0.25) is 0 Å². The van der Waals surface area contributed by atoms with Crippen LogP contribution in [0.2, 0.25) is 0 Å². The van der Waals surface area contributed by atoms with Gasteiger partial charge in [0.1, 0.15) is 6.23 Å². The standard InChI is InChI=1S/C4H11NO.H2O3S/c1-4(6)5(2)3;1-4(2)3/h4,6H,1-3H3;(H2,1,2,3). The van der Waals surface area contributed by atoms with E-state index in [1.54, 1.807) is 11.8 Å². The lowest BCUT2D eigenvalue weighted by molar-refractivity contribution is 0.0578. The van der Waals surface area contributed by atoms with Gasteiger partial charge in [0.25, 0.3) is 11.4 Å². The number of aliphatic hydroxyl groups excluding tert-OH is 1. The van der Waals surface area contributed by atoms with Crippen molar-refractivity contribution in [3.8, 4) is 0 Å². The molecular weight excluding hydrogens is 158 g/mol. The number of rotatable bonds is 1. The Hall–Kier alpha value is -0.0100. The molecule has 0 saturated carbocycles. The first kappa shape index (κ1) is 12.6. The van der Waals surface area contributed by atoms with Crippen molar-refractivity contribution < 1.29 is 18.4 Å². The zero-order valence-corrected chi connectivity index (χ0v) is 7.00. The predicted molar refractivity (Wildman–Crippen MR) is 38.8 cm³/mol. The summed E-state index contributed by atoms with van der Waals surface area (Å²) >= 11 is -2.61. The van der Waals surface area contributed by atoms with Gasteiger partial charge in [-0.15, -0.1) is 0 Å². The van der Waals surface area contributed by atoms with Crippen LogP contribution in [0.15, 0.2) is 0 Å². The van der Waals surface area contributed by atoms with E-state index in [4.69, 9.17) is 18.4 Å². The molecule has 0 radical (unpaired) electrons. The van der Waals surface area contributed by atoms with Gasteiger partial charge < -0.3 is 5.11 Å². The second-order valence-corrected chi connectivity index (χ2v) is 2.29. The van der Waals surface area contributed by atoms with E-state index in [0.29, 0.717) is 0 Å². The molecule has 0 aliphatic heterocycles. The van der Waals surface area contributed by atoms with Gasteiger partial charge in [0.15, 0.2) is 0 Å². The van der Waals surface area contributed by atoms with Gasteiger partial charge in [-0.2, -0.15) is 4.21 Å². The van der Waals surface area contributed by atoms with Crippen LogP contribution in [0.5, 0.6) is 0 Å². The Morgan fingerprint density at radius 2 is 1.50 bits per heavy atom. The molecule has 6 heteroatoms. The van der Waals surface area contributed by atoms with E-state index in [1.165, 1.54) is 0 Å². The van der Waals surface area contributed by atoms with Gasteiger partial charge in [0.05, 0.1) is 0 Å². The summed E-state index contributed by atoms with van der Waals surface area (Å²) in [5.41, 5.74) is 0. The van der Waals surface area contributed by atoms with Crippen molar-refractivity contribution in [1.82, 2.24) is 4.90 Å². The third kappa shape index (κ3) is 24.5. The molecular formula is C4H13NO4S. The quantitative estimate of drug-likeness (QED) is 0.368. The monoisotopic (exact) mass is 171 g/mol. The Kier molecular flexibility index (Phi) is 8.98. The Labute approximate surface area is 62.8 Å². The highest BCUT2D eigenvalue weighted by molar-refractivity contribution is 7.73. The summed E-state index contributed by atoms with van der Waals surface area (Å²) < 4.78 is 22.8. The third-order valence-corrected chi connectivity index (χ3v) is 0.747. The Balaban J connectivity index is 0. The molecule has 0 aliphatic rings. The van der Waals surface area contributed by atoms with Gasteiger partial charge in [-0.1, -0.05) is 0 Å². The molecule has 5 nitrogen and oxygen atoms in total. The van der Waals surface area contributed by atoms with E-state index >= 15 is 0 Å². The zero-order valence-electron chi connectivity index (χ0n) is 6.18. The fourth-order valence-corrected chi connectivity index (χ4v) is 0. The van der Waals surface area contributed by atoms with Gasteiger partial charge in [-0.25, -0.2) is 0 Å². The van der Waals surface area contributed by atoms with E-state index in [2.05, 4.69) is 0 Å². The molecule has 0 aromatic carbocycles. The van der Waals surface area contributed by atoms with Crippen molar-refractivity contribution in [3.05, 3.63) is 0 Å². The molecule has 0 rings (SSSR count). The maximum Gasteiger partial charge on any atom is 0.299 e. The molecule has 1 atom stereocenters. The minimum absolute atomic E-state index is 0.315. The molecule has 0 bridgehead atoms. The second kappa shape index (κ2) is 7.10. The molecule has 0 spiro atoms. The smallest absolute Gasteiger partial charge is 0.299 e. The van der Waals surface area contributed by atoms with Crippen molar-refractivity contribution in [1.29, 1.82) is 0 Å². The second-order valence-electron chi connectivity index (χ2n) is 1.83. The van der Waals surface area contributed by atoms with Gasteiger partial charge in [0, 0.05) is 0 Å². The predicted octanol–water partition coefficient (Wildman–Crippen LogP) is -0.433. The van der Waals surface area contributed by atoms with E-state index in [-0.39, 0.29) is 6.23 Å². The van der Waals surface area contributed by atoms with E-state index in [9.17, 15) is 0 Å². The van der Waals surface area contributed by atoms with E-state index < -0.39 is 11.4 Å². The highest BCUT2D eigenvalue weighted by Gasteiger charge is 1.92. The van der Waals surface area contributed by atoms with E-state index in [0.717, 1.165) is 0 Å².